The summed E-state index contributed by atoms with van der Waals surface area (Å²) in [6.07, 6.45) is 0. The number of hydrogen-bond acceptors (Lipinski definition) is 1. The van der Waals surface area contributed by atoms with Crippen LogP contribution in [0.4, 0.5) is 5.69 Å². The van der Waals surface area contributed by atoms with Gasteiger partial charge < -0.3 is 0 Å². The predicted molar refractivity (Wildman–Crippen MR) is 53.4 cm³/mol. The van der Waals surface area contributed by atoms with Crippen LogP contribution in [0.2, 0.25) is 13.4 Å². The SMILES string of the molecule is [CH3][Pb]([CH3])([CH3])[NH]c1ccccc1. The van der Waals surface area contributed by atoms with E-state index in [0.29, 0.717) is 0 Å². The van der Waals surface area contributed by atoms with Gasteiger partial charge in [0.2, 0.25) is 0 Å². The molecule has 0 aliphatic rings. The number of anilines is 1. The second-order valence-corrected chi connectivity index (χ2v) is 22.2. The summed E-state index contributed by atoms with van der Waals surface area (Å²) in [6.45, 7) is 0. The monoisotopic (exact) mass is 345 g/mol. The molecule has 2 heteroatoms. The molecule has 0 spiro atoms. The summed E-state index contributed by atoms with van der Waals surface area (Å²) in [6, 6.07) is 10.4. The summed E-state index contributed by atoms with van der Waals surface area (Å²) in [7, 11) is 0. The van der Waals surface area contributed by atoms with Gasteiger partial charge in [0.05, 0.1) is 0 Å². The Labute approximate surface area is 73.9 Å². The first-order chi connectivity index (χ1) is 5.08. The molecule has 0 aliphatic carbocycles. The molecule has 1 N–H and O–H groups in total. The van der Waals surface area contributed by atoms with Crippen molar-refractivity contribution in [2.45, 2.75) is 13.4 Å². The zero-order valence-corrected chi connectivity index (χ0v) is 11.3. The van der Waals surface area contributed by atoms with Crippen molar-refractivity contribution in [2.75, 3.05) is 3.13 Å². The summed E-state index contributed by atoms with van der Waals surface area (Å²) in [5, 5.41) is 0. The summed E-state index contributed by atoms with van der Waals surface area (Å²) in [4.78, 5) is 0. The Hall–Kier alpha value is -0.0579. The molecule has 11 heavy (non-hydrogen) atoms. The third-order valence-electron chi connectivity index (χ3n) is 1.29. The van der Waals surface area contributed by atoms with Gasteiger partial charge in [0, 0.05) is 0 Å². The van der Waals surface area contributed by atoms with Crippen molar-refractivity contribution in [1.82, 2.24) is 0 Å². The molecule has 1 nitrogen and oxygen atoms in total. The van der Waals surface area contributed by atoms with Gasteiger partial charge in [-0.15, -0.1) is 0 Å². The van der Waals surface area contributed by atoms with Crippen LogP contribution in [0.15, 0.2) is 30.3 Å². The normalized spacial score (nSPS) is 11.2. The number of rotatable bonds is 2. The van der Waals surface area contributed by atoms with Crippen molar-refractivity contribution in [3.8, 4) is 0 Å². The number of benzene rings is 1. The van der Waals surface area contributed by atoms with E-state index in [0.717, 1.165) is 0 Å². The van der Waals surface area contributed by atoms with Gasteiger partial charge in [-0.1, -0.05) is 0 Å². The van der Waals surface area contributed by atoms with Gasteiger partial charge >= 0.3 is 74.1 Å². The summed E-state index contributed by atoms with van der Waals surface area (Å²) >= 11 is -1.93. The maximum absolute atomic E-state index is 3.60. The Balaban J connectivity index is 2.66. The molecule has 0 aromatic heterocycles. The fourth-order valence-electron chi connectivity index (χ4n) is 0.954. The molecule has 0 heterocycles. The van der Waals surface area contributed by atoms with Gasteiger partial charge in [0.1, 0.15) is 0 Å². The Morgan fingerprint density at radius 2 is 1.55 bits per heavy atom. The fourth-order valence-corrected chi connectivity index (χ4v) is 4.97. The third-order valence-corrected chi connectivity index (χ3v) is 5.33. The van der Waals surface area contributed by atoms with Gasteiger partial charge in [0.25, 0.3) is 0 Å². The van der Waals surface area contributed by atoms with Crippen LogP contribution in [0, 0.1) is 0 Å². The van der Waals surface area contributed by atoms with Crippen molar-refractivity contribution >= 4 is 27.2 Å². The molecule has 0 amide bonds. The van der Waals surface area contributed by atoms with Crippen molar-refractivity contribution in [3.05, 3.63) is 30.3 Å². The van der Waals surface area contributed by atoms with Crippen LogP contribution in [0.3, 0.4) is 0 Å². The molecule has 1 aromatic rings. The first kappa shape index (κ1) is 9.03. The summed E-state index contributed by atoms with van der Waals surface area (Å²) in [5.74, 6) is 0. The maximum atomic E-state index is 3.60. The van der Waals surface area contributed by atoms with Gasteiger partial charge in [0.15, 0.2) is 0 Å². The van der Waals surface area contributed by atoms with E-state index in [4.69, 9.17) is 0 Å². The van der Waals surface area contributed by atoms with Crippen molar-refractivity contribution in [3.63, 3.8) is 0 Å². The molecule has 0 saturated carbocycles. The zero-order chi connectivity index (χ0) is 8.32. The van der Waals surface area contributed by atoms with E-state index in [-0.39, 0.29) is 0 Å². The first-order valence-electron chi connectivity index (χ1n) is 3.91. The van der Waals surface area contributed by atoms with Crippen molar-refractivity contribution < 1.29 is 0 Å². The first-order valence-corrected chi connectivity index (χ1v) is 17.5. The molecular formula is C9H15NPb. The average Bonchev–Trinajstić information content (AvgIpc) is 1.85. The van der Waals surface area contributed by atoms with E-state index < -0.39 is 21.5 Å². The van der Waals surface area contributed by atoms with Gasteiger partial charge in [-0.2, -0.15) is 0 Å². The molecule has 0 atom stereocenters. The van der Waals surface area contributed by atoms with E-state index in [9.17, 15) is 0 Å². The second-order valence-electron chi connectivity index (χ2n) is 3.74. The third kappa shape index (κ3) is 3.74. The molecule has 1 rings (SSSR count). The number of nitrogens with one attached hydrogen (secondary N) is 1. The van der Waals surface area contributed by atoms with E-state index in [2.05, 4.69) is 40.8 Å². The van der Waals surface area contributed by atoms with Gasteiger partial charge in [-0.05, 0) is 0 Å². The molecule has 0 unspecified atom stereocenters. The molecule has 0 fully saturated rings. The molecule has 0 saturated heterocycles. The summed E-state index contributed by atoms with van der Waals surface area (Å²) < 4.78 is 10.7. The molecule has 60 valence electrons. The summed E-state index contributed by atoms with van der Waals surface area (Å²) in [5.41, 5.74) is 1.28. The van der Waals surface area contributed by atoms with Crippen LogP contribution in [0.5, 0.6) is 0 Å². The van der Waals surface area contributed by atoms with E-state index in [1.165, 1.54) is 5.69 Å². The van der Waals surface area contributed by atoms with Crippen LogP contribution in [-0.4, -0.2) is 21.5 Å². The Bertz CT molecular complexity index is 213. The standard InChI is InChI=1S/C6H6N.3CH3.Pb/c7-6-4-2-1-3-5-6;;;;/h1-5,7H;3*1H3;/q-1;;;;+1. The molecule has 1 aromatic carbocycles. The molecule has 0 radical (unpaired) electrons. The van der Waals surface area contributed by atoms with Crippen LogP contribution in [0.1, 0.15) is 0 Å². The van der Waals surface area contributed by atoms with Crippen LogP contribution in [-0.2, 0) is 0 Å². The van der Waals surface area contributed by atoms with E-state index >= 15 is 0 Å². The Morgan fingerprint density at radius 3 is 2.00 bits per heavy atom. The Kier molecular flexibility index (Phi) is 2.92. The Morgan fingerprint density at radius 1 is 1.00 bits per heavy atom. The number of hydrogen-bond donors (Lipinski definition) is 1. The van der Waals surface area contributed by atoms with Gasteiger partial charge in [-0.25, -0.2) is 0 Å². The number of para-hydroxylation sites is 1. The predicted octanol–water partition coefficient (Wildman–Crippen LogP) is 2.93. The topological polar surface area (TPSA) is 12.0 Å². The van der Waals surface area contributed by atoms with Crippen molar-refractivity contribution in [1.29, 1.82) is 0 Å². The minimum absolute atomic E-state index is 1.28. The van der Waals surface area contributed by atoms with Crippen LogP contribution < -0.4 is 3.13 Å². The quantitative estimate of drug-likeness (QED) is 0.814. The van der Waals surface area contributed by atoms with Crippen LogP contribution in [0.25, 0.3) is 0 Å². The fraction of sp³-hybridized carbons (Fsp3) is 0.333. The van der Waals surface area contributed by atoms with Gasteiger partial charge in [-0.3, -0.25) is 0 Å². The molecular weight excluding hydrogens is 329 g/mol. The molecule has 0 bridgehead atoms. The molecule has 0 aliphatic heterocycles. The minimum atomic E-state index is -1.93. The van der Waals surface area contributed by atoms with Crippen molar-refractivity contribution in [2.24, 2.45) is 0 Å². The second kappa shape index (κ2) is 3.56. The van der Waals surface area contributed by atoms with Crippen LogP contribution >= 0.6 is 0 Å². The van der Waals surface area contributed by atoms with E-state index in [1.54, 1.807) is 0 Å². The van der Waals surface area contributed by atoms with E-state index in [1.807, 2.05) is 6.07 Å². The average molecular weight is 344 g/mol. The zero-order valence-electron chi connectivity index (χ0n) is 7.39.